The largest absolute Gasteiger partial charge is 0.424 e. The Bertz CT molecular complexity index is 1020. The lowest BCUT2D eigenvalue weighted by atomic mass is 10.1. The highest BCUT2D eigenvalue weighted by molar-refractivity contribution is 5.94. The summed E-state index contributed by atoms with van der Waals surface area (Å²) in [7, 11) is 0. The lowest BCUT2D eigenvalue weighted by Gasteiger charge is -2.35. The number of benzene rings is 1. The third kappa shape index (κ3) is 5.06. The van der Waals surface area contributed by atoms with Gasteiger partial charge in [-0.05, 0) is 44.2 Å². The first-order valence-electron chi connectivity index (χ1n) is 10.3. The van der Waals surface area contributed by atoms with Crippen molar-refractivity contribution < 1.29 is 9.53 Å². The van der Waals surface area contributed by atoms with E-state index in [9.17, 15) is 4.79 Å². The van der Waals surface area contributed by atoms with Crippen molar-refractivity contribution in [3.63, 3.8) is 0 Å². The van der Waals surface area contributed by atoms with Crippen molar-refractivity contribution >= 4 is 17.5 Å². The summed E-state index contributed by atoms with van der Waals surface area (Å²) in [6.45, 7) is 7.45. The first-order valence-corrected chi connectivity index (χ1v) is 10.3. The van der Waals surface area contributed by atoms with Crippen LogP contribution in [0.2, 0.25) is 0 Å². The van der Waals surface area contributed by atoms with E-state index in [1.54, 1.807) is 42.7 Å². The maximum absolute atomic E-state index is 12.9. The van der Waals surface area contributed by atoms with Crippen LogP contribution in [0.4, 0.5) is 11.6 Å². The maximum atomic E-state index is 12.9. The van der Waals surface area contributed by atoms with Gasteiger partial charge in [-0.15, -0.1) is 0 Å². The molecule has 1 aliphatic rings. The molecule has 9 heteroatoms. The van der Waals surface area contributed by atoms with Gasteiger partial charge in [0.15, 0.2) is 0 Å². The Morgan fingerprint density at radius 1 is 1.06 bits per heavy atom. The summed E-state index contributed by atoms with van der Waals surface area (Å²) in [5, 5.41) is 3.24. The van der Waals surface area contributed by atoms with Crippen LogP contribution < -0.4 is 15.0 Å². The molecule has 1 aliphatic heterocycles. The normalized spacial score (nSPS) is 13.7. The molecule has 31 heavy (non-hydrogen) atoms. The molecule has 1 N–H and O–H groups in total. The summed E-state index contributed by atoms with van der Waals surface area (Å²) < 4.78 is 5.59. The van der Waals surface area contributed by atoms with E-state index < -0.39 is 0 Å². The van der Waals surface area contributed by atoms with Gasteiger partial charge >= 0.3 is 6.01 Å². The molecule has 1 fully saturated rings. The molecule has 160 valence electrons. The van der Waals surface area contributed by atoms with Crippen LogP contribution in [-0.4, -0.2) is 63.5 Å². The molecule has 0 unspecified atom stereocenters. The fourth-order valence-corrected chi connectivity index (χ4v) is 3.42. The Morgan fingerprint density at radius 3 is 2.45 bits per heavy atom. The standard InChI is InChI=1S/C22H25N7O2/c1-3-23-19-15-20(27-16(2)26-19)28-11-13-29(14-12-28)21(30)17-5-7-18(8-6-17)31-22-24-9-4-10-25-22/h4-10,15H,3,11-14H2,1-2H3,(H,23,26,27). The summed E-state index contributed by atoms with van der Waals surface area (Å²) in [5.74, 6) is 3.04. The van der Waals surface area contributed by atoms with Gasteiger partial charge in [-0.25, -0.2) is 19.9 Å². The van der Waals surface area contributed by atoms with E-state index in [1.807, 2.05) is 24.8 Å². The molecule has 1 aromatic carbocycles. The fraction of sp³-hybridized carbons (Fsp3) is 0.318. The number of piperazine rings is 1. The molecule has 0 aliphatic carbocycles. The molecule has 2 aromatic heterocycles. The number of anilines is 2. The minimum Gasteiger partial charge on any atom is -0.424 e. The summed E-state index contributed by atoms with van der Waals surface area (Å²) in [5.41, 5.74) is 0.627. The van der Waals surface area contributed by atoms with Gasteiger partial charge in [0.1, 0.15) is 23.2 Å². The number of ether oxygens (including phenoxy) is 1. The van der Waals surface area contributed by atoms with Gasteiger partial charge in [0.25, 0.3) is 5.91 Å². The predicted molar refractivity (Wildman–Crippen MR) is 118 cm³/mol. The van der Waals surface area contributed by atoms with Crippen molar-refractivity contribution in [2.24, 2.45) is 0 Å². The SMILES string of the molecule is CCNc1cc(N2CCN(C(=O)c3ccc(Oc4ncccn4)cc3)CC2)nc(C)n1. The number of carbonyl (C=O) groups excluding carboxylic acids is 1. The first kappa shape index (κ1) is 20.5. The number of nitrogens with zero attached hydrogens (tertiary/aromatic N) is 6. The summed E-state index contributed by atoms with van der Waals surface area (Å²) in [6.07, 6.45) is 3.23. The minimum atomic E-state index is 0.00867. The van der Waals surface area contributed by atoms with Gasteiger partial charge in [0.2, 0.25) is 0 Å². The van der Waals surface area contributed by atoms with E-state index in [0.29, 0.717) is 24.4 Å². The van der Waals surface area contributed by atoms with E-state index >= 15 is 0 Å². The van der Waals surface area contributed by atoms with Gasteiger partial charge in [-0.3, -0.25) is 4.79 Å². The molecule has 1 amide bonds. The van der Waals surface area contributed by atoms with Crippen LogP contribution in [0.25, 0.3) is 0 Å². The van der Waals surface area contributed by atoms with Crippen LogP contribution in [-0.2, 0) is 0 Å². The first-order chi connectivity index (χ1) is 15.1. The van der Waals surface area contributed by atoms with Gasteiger partial charge in [0, 0.05) is 56.7 Å². The maximum Gasteiger partial charge on any atom is 0.321 e. The van der Waals surface area contributed by atoms with Crippen molar-refractivity contribution in [1.29, 1.82) is 0 Å². The van der Waals surface area contributed by atoms with E-state index in [4.69, 9.17) is 4.74 Å². The van der Waals surface area contributed by atoms with Gasteiger partial charge in [0.05, 0.1) is 0 Å². The van der Waals surface area contributed by atoms with E-state index in [0.717, 1.165) is 37.1 Å². The molecule has 3 aromatic rings. The van der Waals surface area contributed by atoms with Crippen LogP contribution in [0.1, 0.15) is 23.1 Å². The summed E-state index contributed by atoms with van der Waals surface area (Å²) in [6, 6.07) is 11.0. The van der Waals surface area contributed by atoms with Crippen LogP contribution in [0.5, 0.6) is 11.8 Å². The third-order valence-corrected chi connectivity index (χ3v) is 4.93. The molecule has 0 radical (unpaired) electrons. The van der Waals surface area contributed by atoms with Crippen molar-refractivity contribution in [2.45, 2.75) is 13.8 Å². The Balaban J connectivity index is 1.36. The average Bonchev–Trinajstić information content (AvgIpc) is 2.80. The monoisotopic (exact) mass is 419 g/mol. The number of aromatic nitrogens is 4. The second-order valence-electron chi connectivity index (χ2n) is 7.13. The number of hydrogen-bond donors (Lipinski definition) is 1. The smallest absolute Gasteiger partial charge is 0.321 e. The van der Waals surface area contributed by atoms with Gasteiger partial charge in [-0.2, -0.15) is 0 Å². The Labute approximate surface area is 181 Å². The average molecular weight is 419 g/mol. The van der Waals surface area contributed by atoms with E-state index in [1.165, 1.54) is 0 Å². The van der Waals surface area contributed by atoms with Crippen molar-refractivity contribution in [3.05, 3.63) is 60.2 Å². The zero-order valence-electron chi connectivity index (χ0n) is 17.7. The molecule has 0 bridgehead atoms. The summed E-state index contributed by atoms with van der Waals surface area (Å²) in [4.78, 5) is 34.0. The number of carbonyl (C=O) groups is 1. The topological polar surface area (TPSA) is 96.4 Å². The zero-order valence-corrected chi connectivity index (χ0v) is 17.7. The highest BCUT2D eigenvalue weighted by Gasteiger charge is 2.23. The number of rotatable bonds is 6. The molecule has 9 nitrogen and oxygen atoms in total. The van der Waals surface area contributed by atoms with Crippen molar-refractivity contribution in [1.82, 2.24) is 24.8 Å². The Hall–Kier alpha value is -3.75. The van der Waals surface area contributed by atoms with Crippen LogP contribution in [0.3, 0.4) is 0 Å². The quantitative estimate of drug-likeness (QED) is 0.652. The van der Waals surface area contributed by atoms with Gasteiger partial charge in [-0.1, -0.05) is 0 Å². The number of nitrogens with one attached hydrogen (secondary N) is 1. The predicted octanol–water partition coefficient (Wildman–Crippen LogP) is 2.76. The number of amides is 1. The zero-order chi connectivity index (χ0) is 21.6. The molecular weight excluding hydrogens is 394 g/mol. The van der Waals surface area contributed by atoms with Gasteiger partial charge < -0.3 is 19.9 Å². The molecular formula is C22H25N7O2. The second-order valence-corrected chi connectivity index (χ2v) is 7.13. The number of aryl methyl sites for hydroxylation is 1. The lowest BCUT2D eigenvalue weighted by molar-refractivity contribution is 0.0746. The molecule has 0 saturated carbocycles. The molecule has 0 spiro atoms. The highest BCUT2D eigenvalue weighted by atomic mass is 16.5. The fourth-order valence-electron chi connectivity index (χ4n) is 3.42. The van der Waals surface area contributed by atoms with E-state index in [2.05, 4.69) is 30.2 Å². The number of hydrogen-bond acceptors (Lipinski definition) is 8. The van der Waals surface area contributed by atoms with Crippen molar-refractivity contribution in [3.8, 4) is 11.8 Å². The molecule has 3 heterocycles. The van der Waals surface area contributed by atoms with Crippen LogP contribution >= 0.6 is 0 Å². The lowest BCUT2D eigenvalue weighted by Crippen LogP contribution is -2.49. The van der Waals surface area contributed by atoms with Crippen molar-refractivity contribution in [2.75, 3.05) is 42.9 Å². The second kappa shape index (κ2) is 9.38. The highest BCUT2D eigenvalue weighted by Crippen LogP contribution is 2.21. The van der Waals surface area contributed by atoms with Crippen LogP contribution in [0, 0.1) is 6.92 Å². The van der Waals surface area contributed by atoms with Crippen LogP contribution in [0.15, 0.2) is 48.8 Å². The Morgan fingerprint density at radius 2 is 1.77 bits per heavy atom. The minimum absolute atomic E-state index is 0.00867. The molecule has 4 rings (SSSR count). The molecule has 1 saturated heterocycles. The third-order valence-electron chi connectivity index (χ3n) is 4.93. The summed E-state index contributed by atoms with van der Waals surface area (Å²) >= 11 is 0. The molecule has 0 atom stereocenters. The van der Waals surface area contributed by atoms with E-state index in [-0.39, 0.29) is 11.9 Å². The Kier molecular flexibility index (Phi) is 6.21.